The maximum atomic E-state index is 14.1. The van der Waals surface area contributed by atoms with E-state index >= 15 is 0 Å². The molecule has 3 rings (SSSR count). The predicted octanol–water partition coefficient (Wildman–Crippen LogP) is 4.61. The van der Waals surface area contributed by atoms with E-state index in [4.69, 9.17) is 4.74 Å². The van der Waals surface area contributed by atoms with Crippen molar-refractivity contribution in [3.05, 3.63) is 65.7 Å². The van der Waals surface area contributed by atoms with E-state index in [1.807, 2.05) is 0 Å². The van der Waals surface area contributed by atoms with Crippen molar-refractivity contribution >= 4 is 23.6 Å². The Labute approximate surface area is 201 Å². The van der Waals surface area contributed by atoms with Crippen molar-refractivity contribution in [2.75, 3.05) is 37.6 Å². The summed E-state index contributed by atoms with van der Waals surface area (Å²) in [7, 11) is 0. The van der Waals surface area contributed by atoms with Gasteiger partial charge in [-0.1, -0.05) is 57.0 Å². The Morgan fingerprint density at radius 3 is 2.41 bits per heavy atom. The monoisotopic (exact) mass is 467 g/mol. The Morgan fingerprint density at radius 1 is 1.03 bits per heavy atom. The summed E-state index contributed by atoms with van der Waals surface area (Å²) in [5.41, 5.74) is 0.759. The lowest BCUT2D eigenvalue weighted by Gasteiger charge is -2.30. The van der Waals surface area contributed by atoms with E-state index in [0.717, 1.165) is 45.3 Å². The number of nitrogens with one attached hydrogen (secondary N) is 1. The highest BCUT2D eigenvalue weighted by atomic mass is 19.1. The molecule has 6 nitrogen and oxygen atoms in total. The molecule has 0 radical (unpaired) electrons. The lowest BCUT2D eigenvalue weighted by Crippen LogP contribution is -2.45. The van der Waals surface area contributed by atoms with Gasteiger partial charge in [0.05, 0.1) is 5.69 Å². The van der Waals surface area contributed by atoms with Crippen LogP contribution in [0.2, 0.25) is 0 Å². The number of unbranched alkanes of at least 4 members (excludes halogenated alkanes) is 2. The minimum Gasteiger partial charge on any atom is -0.449 e. The van der Waals surface area contributed by atoms with Gasteiger partial charge in [0.25, 0.3) is 5.91 Å². The zero-order valence-electron chi connectivity index (χ0n) is 20.1. The van der Waals surface area contributed by atoms with E-state index in [9.17, 15) is 14.0 Å². The molecule has 0 spiro atoms. The quantitative estimate of drug-likeness (QED) is 0.463. The van der Waals surface area contributed by atoms with E-state index in [-0.39, 0.29) is 23.8 Å². The van der Waals surface area contributed by atoms with Crippen molar-refractivity contribution in [1.82, 2.24) is 10.2 Å². The molecule has 0 saturated carbocycles. The number of benzene rings is 2. The minimum absolute atomic E-state index is 0.0260. The van der Waals surface area contributed by atoms with Crippen molar-refractivity contribution < 1.29 is 18.7 Å². The third kappa shape index (κ3) is 6.90. The van der Waals surface area contributed by atoms with Crippen molar-refractivity contribution in [2.45, 2.75) is 39.5 Å². The van der Waals surface area contributed by atoms with Gasteiger partial charge in [-0.3, -0.25) is 14.5 Å². The van der Waals surface area contributed by atoms with Crippen LogP contribution in [0.15, 0.2) is 54.3 Å². The van der Waals surface area contributed by atoms with Gasteiger partial charge in [0.15, 0.2) is 11.5 Å². The van der Waals surface area contributed by atoms with Crippen LogP contribution in [0, 0.1) is 5.82 Å². The zero-order valence-corrected chi connectivity index (χ0v) is 20.1. The van der Waals surface area contributed by atoms with Crippen LogP contribution < -0.4 is 15.0 Å². The van der Waals surface area contributed by atoms with Crippen LogP contribution in [-0.4, -0.2) is 49.4 Å². The molecule has 2 aromatic rings. The maximum Gasteiger partial charge on any atom is 0.294 e. The summed E-state index contributed by atoms with van der Waals surface area (Å²) in [6, 6.07) is 13.2. The topological polar surface area (TPSA) is 61.9 Å². The molecule has 2 aromatic carbocycles. The Kier molecular flexibility index (Phi) is 9.64. The third-order valence-corrected chi connectivity index (χ3v) is 5.73. The summed E-state index contributed by atoms with van der Waals surface area (Å²) in [5, 5.41) is 2.94. The van der Waals surface area contributed by atoms with Crippen molar-refractivity contribution in [1.29, 1.82) is 0 Å². The molecule has 1 aliphatic heterocycles. The second kappa shape index (κ2) is 12.9. The summed E-state index contributed by atoms with van der Waals surface area (Å²) in [6.45, 7) is 7.54. The Bertz CT molecular complexity index is 1000. The first-order chi connectivity index (χ1) is 16.5. The van der Waals surface area contributed by atoms with Crippen LogP contribution >= 0.6 is 0 Å². The number of carbonyl (C=O) groups excluding carboxylic acids is 2. The van der Waals surface area contributed by atoms with E-state index in [1.54, 1.807) is 42.5 Å². The van der Waals surface area contributed by atoms with E-state index in [1.165, 1.54) is 17.0 Å². The molecule has 1 aliphatic rings. The molecule has 182 valence electrons. The number of carbonyl (C=O) groups is 2. The number of nitrogens with zero attached hydrogens (tertiary/aromatic N) is 2. The Morgan fingerprint density at radius 2 is 1.71 bits per heavy atom. The number of fused-ring (bicyclic) bond motifs is 1. The lowest BCUT2D eigenvalue weighted by molar-refractivity contribution is -0.123. The molecule has 0 fully saturated rings. The second-order valence-electron chi connectivity index (χ2n) is 8.39. The first kappa shape index (κ1) is 25.4. The Balaban J connectivity index is 1.68. The number of hydrogen-bond donors (Lipinski definition) is 1. The normalized spacial score (nSPS) is 14.3. The van der Waals surface area contributed by atoms with Gasteiger partial charge in [0, 0.05) is 18.7 Å². The number of rotatable bonds is 12. The van der Waals surface area contributed by atoms with Gasteiger partial charge in [0.2, 0.25) is 5.91 Å². The minimum atomic E-state index is -0.482. The number of halogens is 1. The molecule has 0 saturated heterocycles. The molecule has 1 heterocycles. The molecule has 0 bridgehead atoms. The number of amides is 2. The molecule has 0 aliphatic carbocycles. The van der Waals surface area contributed by atoms with E-state index in [2.05, 4.69) is 24.1 Å². The van der Waals surface area contributed by atoms with Crippen molar-refractivity contribution in [2.24, 2.45) is 0 Å². The summed E-state index contributed by atoms with van der Waals surface area (Å²) in [4.78, 5) is 29.7. The summed E-state index contributed by atoms with van der Waals surface area (Å²) in [6.07, 6.45) is 5.91. The molecule has 7 heteroatoms. The number of hydrogen-bond acceptors (Lipinski definition) is 4. The molecule has 0 aromatic heterocycles. The third-order valence-electron chi connectivity index (χ3n) is 5.73. The second-order valence-corrected chi connectivity index (χ2v) is 8.39. The summed E-state index contributed by atoms with van der Waals surface area (Å²) in [5.74, 6) is -0.763. The van der Waals surface area contributed by atoms with Crippen LogP contribution in [0.4, 0.5) is 10.1 Å². The molecule has 0 atom stereocenters. The van der Waals surface area contributed by atoms with Gasteiger partial charge in [-0.2, -0.15) is 0 Å². The molecular formula is C27H34FN3O3. The lowest BCUT2D eigenvalue weighted by atomic mass is 10.1. The highest BCUT2D eigenvalue weighted by Gasteiger charge is 2.31. The molecule has 2 amide bonds. The number of para-hydroxylation sites is 2. The largest absolute Gasteiger partial charge is 0.449 e. The van der Waals surface area contributed by atoms with Gasteiger partial charge in [-0.05, 0) is 50.2 Å². The zero-order chi connectivity index (χ0) is 24.3. The van der Waals surface area contributed by atoms with Gasteiger partial charge in [-0.25, -0.2) is 4.39 Å². The first-order valence-electron chi connectivity index (χ1n) is 12.1. The predicted molar refractivity (Wildman–Crippen MR) is 133 cm³/mol. The average molecular weight is 468 g/mol. The van der Waals surface area contributed by atoms with Crippen LogP contribution in [0.25, 0.3) is 6.08 Å². The molecular weight excluding hydrogens is 433 g/mol. The Hall–Kier alpha value is -3.19. The van der Waals surface area contributed by atoms with Crippen LogP contribution in [0.1, 0.15) is 45.1 Å². The standard InChI is InChI=1S/C27H34FN3O3/c1-3-5-16-30(17-6-4-2)18-15-29-26(32)20-31-23-13-9-10-14-24(23)34-25(27(31)33)19-21-11-7-8-12-22(21)28/h7-14,19H,3-6,15-18,20H2,1-2H3,(H,29,32). The number of ether oxygens (including phenoxy) is 1. The van der Waals surface area contributed by atoms with Crippen molar-refractivity contribution in [3.63, 3.8) is 0 Å². The SMILES string of the molecule is CCCCN(CCCC)CCNC(=O)CN1C(=O)C(=Cc2ccccc2F)Oc2ccccc21. The highest BCUT2D eigenvalue weighted by Crippen LogP contribution is 2.35. The van der Waals surface area contributed by atoms with Gasteiger partial charge >= 0.3 is 0 Å². The fourth-order valence-corrected chi connectivity index (χ4v) is 3.80. The fourth-order valence-electron chi connectivity index (χ4n) is 3.80. The average Bonchev–Trinajstić information content (AvgIpc) is 2.84. The van der Waals surface area contributed by atoms with E-state index in [0.29, 0.717) is 18.0 Å². The summed E-state index contributed by atoms with van der Waals surface area (Å²) >= 11 is 0. The molecule has 34 heavy (non-hydrogen) atoms. The van der Waals surface area contributed by atoms with Gasteiger partial charge in [-0.15, -0.1) is 0 Å². The highest BCUT2D eigenvalue weighted by molar-refractivity contribution is 6.12. The first-order valence-corrected chi connectivity index (χ1v) is 12.1. The smallest absolute Gasteiger partial charge is 0.294 e. The molecule has 0 unspecified atom stereocenters. The number of anilines is 1. The van der Waals surface area contributed by atoms with Gasteiger partial charge in [0.1, 0.15) is 12.4 Å². The van der Waals surface area contributed by atoms with Crippen molar-refractivity contribution in [3.8, 4) is 5.75 Å². The van der Waals surface area contributed by atoms with Crippen LogP contribution in [0.5, 0.6) is 5.75 Å². The summed E-state index contributed by atoms with van der Waals surface area (Å²) < 4.78 is 19.9. The van der Waals surface area contributed by atoms with Crippen LogP contribution in [0.3, 0.4) is 0 Å². The van der Waals surface area contributed by atoms with Gasteiger partial charge < -0.3 is 15.0 Å². The van der Waals surface area contributed by atoms with E-state index < -0.39 is 11.7 Å². The van der Waals surface area contributed by atoms with Crippen LogP contribution in [-0.2, 0) is 9.59 Å². The molecule has 1 N–H and O–H groups in total. The fraction of sp³-hybridized carbons (Fsp3) is 0.407. The maximum absolute atomic E-state index is 14.1.